The summed E-state index contributed by atoms with van der Waals surface area (Å²) in [5.41, 5.74) is 0.495. The van der Waals surface area contributed by atoms with Gasteiger partial charge in [0.1, 0.15) is 0 Å². The molecule has 0 aromatic carbocycles. The fourth-order valence-electron chi connectivity index (χ4n) is 0.797. The van der Waals surface area contributed by atoms with Gasteiger partial charge in [-0.3, -0.25) is 4.79 Å². The van der Waals surface area contributed by atoms with Gasteiger partial charge in [0.2, 0.25) is 5.88 Å². The van der Waals surface area contributed by atoms with E-state index in [9.17, 15) is 4.79 Å². The highest BCUT2D eigenvalue weighted by Crippen LogP contribution is 2.23. The minimum Gasteiger partial charge on any atom is -0.447 e. The smallest absolute Gasteiger partial charge is 0.230 e. The Kier molecular flexibility index (Phi) is 4.03. The molecule has 1 heterocycles. The normalized spacial score (nSPS) is 12.2. The van der Waals surface area contributed by atoms with E-state index in [0.717, 1.165) is 6.29 Å². The van der Waals surface area contributed by atoms with Crippen molar-refractivity contribution in [3.8, 4) is 5.88 Å². The SMILES string of the molecule is COC(C)Oc1ncc(C=O)cc1Br. The molecule has 0 N–H and O–H groups in total. The Morgan fingerprint density at radius 2 is 2.36 bits per heavy atom. The average Bonchev–Trinajstić information content (AvgIpc) is 2.20. The maximum absolute atomic E-state index is 10.4. The van der Waals surface area contributed by atoms with Crippen LogP contribution in [0.15, 0.2) is 16.7 Å². The lowest BCUT2D eigenvalue weighted by molar-refractivity contribution is -0.0414. The maximum Gasteiger partial charge on any atom is 0.230 e. The monoisotopic (exact) mass is 259 g/mol. The largest absolute Gasteiger partial charge is 0.447 e. The Hall–Kier alpha value is -0.940. The first kappa shape index (κ1) is 11.1. The van der Waals surface area contributed by atoms with Gasteiger partial charge in [-0.15, -0.1) is 0 Å². The molecule has 0 fully saturated rings. The van der Waals surface area contributed by atoms with E-state index in [0.29, 0.717) is 15.9 Å². The molecule has 14 heavy (non-hydrogen) atoms. The van der Waals surface area contributed by atoms with Crippen molar-refractivity contribution < 1.29 is 14.3 Å². The van der Waals surface area contributed by atoms with E-state index in [-0.39, 0.29) is 6.29 Å². The number of carbonyl (C=O) groups excluding carboxylic acids is 1. The van der Waals surface area contributed by atoms with Gasteiger partial charge in [0, 0.05) is 18.9 Å². The van der Waals surface area contributed by atoms with Crippen molar-refractivity contribution in [3.05, 3.63) is 22.3 Å². The first-order valence-electron chi connectivity index (χ1n) is 3.97. The molecule has 1 aromatic rings. The molecule has 0 saturated carbocycles. The molecule has 0 amide bonds. The summed E-state index contributed by atoms with van der Waals surface area (Å²) >= 11 is 3.24. The van der Waals surface area contributed by atoms with Crippen molar-refractivity contribution in [3.63, 3.8) is 0 Å². The molecule has 0 aliphatic heterocycles. The Balaban J connectivity index is 2.83. The first-order chi connectivity index (χ1) is 6.67. The Morgan fingerprint density at radius 3 is 2.86 bits per heavy atom. The molecule has 1 aromatic heterocycles. The van der Waals surface area contributed by atoms with Crippen molar-refractivity contribution in [1.29, 1.82) is 0 Å². The Bertz CT molecular complexity index is 330. The summed E-state index contributed by atoms with van der Waals surface area (Å²) in [5, 5.41) is 0. The standard InChI is InChI=1S/C9H10BrNO3/c1-6(13-2)14-9-8(10)3-7(5-12)4-11-9/h3-6H,1-2H3. The molecular formula is C9H10BrNO3. The fraction of sp³-hybridized carbons (Fsp3) is 0.333. The third-order valence-electron chi connectivity index (χ3n) is 1.57. The molecule has 1 rings (SSSR count). The van der Waals surface area contributed by atoms with Gasteiger partial charge in [0.25, 0.3) is 0 Å². The number of ether oxygens (including phenoxy) is 2. The van der Waals surface area contributed by atoms with Crippen LogP contribution in [-0.2, 0) is 4.74 Å². The molecule has 76 valence electrons. The van der Waals surface area contributed by atoms with E-state index in [1.54, 1.807) is 20.1 Å². The summed E-state index contributed by atoms with van der Waals surface area (Å²) < 4.78 is 10.8. The predicted octanol–water partition coefficient (Wildman–Crippen LogP) is 2.03. The first-order valence-corrected chi connectivity index (χ1v) is 4.77. The lowest BCUT2D eigenvalue weighted by Crippen LogP contribution is -2.14. The molecule has 0 aliphatic rings. The molecule has 0 bridgehead atoms. The van der Waals surface area contributed by atoms with Crippen LogP contribution in [0.2, 0.25) is 0 Å². The second-order valence-electron chi connectivity index (χ2n) is 2.59. The van der Waals surface area contributed by atoms with Crippen LogP contribution < -0.4 is 4.74 Å². The summed E-state index contributed by atoms with van der Waals surface area (Å²) in [6.45, 7) is 1.75. The van der Waals surface area contributed by atoms with Crippen LogP contribution in [0, 0.1) is 0 Å². The van der Waals surface area contributed by atoms with E-state index in [1.807, 2.05) is 0 Å². The van der Waals surface area contributed by atoms with Crippen molar-refractivity contribution in [2.45, 2.75) is 13.2 Å². The number of rotatable bonds is 4. The minimum absolute atomic E-state index is 0.374. The fourth-order valence-corrected chi connectivity index (χ4v) is 1.26. The number of carbonyl (C=O) groups is 1. The van der Waals surface area contributed by atoms with Crippen LogP contribution in [0.3, 0.4) is 0 Å². The van der Waals surface area contributed by atoms with Crippen LogP contribution >= 0.6 is 15.9 Å². The van der Waals surface area contributed by atoms with Crippen molar-refractivity contribution in [2.75, 3.05) is 7.11 Å². The number of pyridine rings is 1. The number of hydrogen-bond acceptors (Lipinski definition) is 4. The quantitative estimate of drug-likeness (QED) is 0.613. The molecule has 5 heteroatoms. The predicted molar refractivity (Wildman–Crippen MR) is 54.4 cm³/mol. The second-order valence-corrected chi connectivity index (χ2v) is 3.45. The van der Waals surface area contributed by atoms with Crippen LogP contribution in [0.25, 0.3) is 0 Å². The molecule has 1 atom stereocenters. The Labute approximate surface area is 90.4 Å². The van der Waals surface area contributed by atoms with E-state index in [1.165, 1.54) is 6.20 Å². The lowest BCUT2D eigenvalue weighted by Gasteiger charge is -2.12. The van der Waals surface area contributed by atoms with E-state index in [4.69, 9.17) is 9.47 Å². The summed E-state index contributed by atoms with van der Waals surface area (Å²) in [6, 6.07) is 1.64. The second kappa shape index (κ2) is 5.07. The summed E-state index contributed by atoms with van der Waals surface area (Å²) in [7, 11) is 1.54. The zero-order valence-corrected chi connectivity index (χ0v) is 9.45. The Morgan fingerprint density at radius 1 is 1.64 bits per heavy atom. The molecule has 0 aliphatic carbocycles. The highest BCUT2D eigenvalue weighted by atomic mass is 79.9. The summed E-state index contributed by atoms with van der Waals surface area (Å²) in [5.74, 6) is 0.407. The third-order valence-corrected chi connectivity index (χ3v) is 2.14. The van der Waals surface area contributed by atoms with Gasteiger partial charge >= 0.3 is 0 Å². The number of halogens is 1. The molecular weight excluding hydrogens is 250 g/mol. The third kappa shape index (κ3) is 2.78. The number of nitrogens with zero attached hydrogens (tertiary/aromatic N) is 1. The highest BCUT2D eigenvalue weighted by Gasteiger charge is 2.07. The maximum atomic E-state index is 10.4. The van der Waals surface area contributed by atoms with Crippen LogP contribution in [0.5, 0.6) is 5.88 Å². The van der Waals surface area contributed by atoms with E-state index in [2.05, 4.69) is 20.9 Å². The lowest BCUT2D eigenvalue weighted by atomic mass is 10.3. The van der Waals surface area contributed by atoms with Gasteiger partial charge in [0.15, 0.2) is 12.6 Å². The number of aromatic nitrogens is 1. The van der Waals surface area contributed by atoms with Gasteiger partial charge in [-0.1, -0.05) is 0 Å². The molecule has 0 saturated heterocycles. The van der Waals surface area contributed by atoms with Crippen molar-refractivity contribution >= 4 is 22.2 Å². The van der Waals surface area contributed by atoms with Gasteiger partial charge in [0.05, 0.1) is 4.47 Å². The summed E-state index contributed by atoms with van der Waals surface area (Å²) in [4.78, 5) is 14.4. The zero-order chi connectivity index (χ0) is 10.6. The average molecular weight is 260 g/mol. The molecule has 4 nitrogen and oxygen atoms in total. The highest BCUT2D eigenvalue weighted by molar-refractivity contribution is 9.10. The van der Waals surface area contributed by atoms with Crippen molar-refractivity contribution in [1.82, 2.24) is 4.98 Å². The zero-order valence-electron chi connectivity index (χ0n) is 7.86. The molecule has 0 radical (unpaired) electrons. The number of hydrogen-bond donors (Lipinski definition) is 0. The van der Waals surface area contributed by atoms with E-state index < -0.39 is 0 Å². The molecule has 1 unspecified atom stereocenters. The van der Waals surface area contributed by atoms with Gasteiger partial charge in [-0.25, -0.2) is 4.98 Å². The van der Waals surface area contributed by atoms with Crippen LogP contribution in [-0.4, -0.2) is 24.7 Å². The number of aldehydes is 1. The molecule has 0 spiro atoms. The van der Waals surface area contributed by atoms with Crippen molar-refractivity contribution in [2.24, 2.45) is 0 Å². The van der Waals surface area contributed by atoms with Crippen LogP contribution in [0.1, 0.15) is 17.3 Å². The van der Waals surface area contributed by atoms with Gasteiger partial charge in [-0.05, 0) is 28.9 Å². The topological polar surface area (TPSA) is 48.4 Å². The van der Waals surface area contributed by atoms with Crippen LogP contribution in [0.4, 0.5) is 0 Å². The van der Waals surface area contributed by atoms with Gasteiger partial charge in [-0.2, -0.15) is 0 Å². The van der Waals surface area contributed by atoms with E-state index >= 15 is 0 Å². The summed E-state index contributed by atoms with van der Waals surface area (Å²) in [6.07, 6.45) is 1.79. The minimum atomic E-state index is -0.374. The number of methoxy groups -OCH3 is 1. The van der Waals surface area contributed by atoms with Gasteiger partial charge < -0.3 is 9.47 Å².